The van der Waals surface area contributed by atoms with Crippen LogP contribution in [0.25, 0.3) is 27.9 Å². The van der Waals surface area contributed by atoms with E-state index < -0.39 is 16.8 Å². The number of rotatable bonds is 4. The van der Waals surface area contributed by atoms with Gasteiger partial charge in [0, 0.05) is 35.7 Å². The molecule has 5 aromatic heterocycles. The second-order valence-corrected chi connectivity index (χ2v) is 7.27. The van der Waals surface area contributed by atoms with E-state index in [9.17, 15) is 14.4 Å². The van der Waals surface area contributed by atoms with Crippen LogP contribution in [0.4, 0.5) is 11.6 Å². The van der Waals surface area contributed by atoms with Crippen molar-refractivity contribution in [3.05, 3.63) is 98.6 Å². The molecule has 0 aliphatic carbocycles. The Hall–Kier alpha value is -5.33. The molecule has 0 saturated heterocycles. The van der Waals surface area contributed by atoms with Gasteiger partial charge in [0.1, 0.15) is 6.33 Å². The van der Waals surface area contributed by atoms with Gasteiger partial charge < -0.3 is 5.32 Å². The van der Waals surface area contributed by atoms with Crippen molar-refractivity contribution >= 4 is 33.8 Å². The van der Waals surface area contributed by atoms with Crippen LogP contribution in [0.2, 0.25) is 0 Å². The van der Waals surface area contributed by atoms with Crippen LogP contribution >= 0.6 is 0 Å². The molecule has 5 heterocycles. The Bertz CT molecular complexity index is 1840. The minimum absolute atomic E-state index is 0.0202. The van der Waals surface area contributed by atoms with Crippen LogP contribution < -0.4 is 22.1 Å². The molecule has 3 N–H and O–H groups in total. The van der Waals surface area contributed by atoms with Crippen LogP contribution in [0.15, 0.2) is 81.8 Å². The molecular formula is C21H14N10O3. The summed E-state index contributed by atoms with van der Waals surface area (Å²) in [6.45, 7) is 0. The number of benzene rings is 1. The van der Waals surface area contributed by atoms with E-state index in [-0.39, 0.29) is 22.8 Å². The molecule has 0 fully saturated rings. The van der Waals surface area contributed by atoms with E-state index in [1.807, 2.05) is 36.5 Å². The first-order valence-electron chi connectivity index (χ1n) is 10.0. The Morgan fingerprint density at radius 2 is 1.79 bits per heavy atom. The lowest BCUT2D eigenvalue weighted by Gasteiger charge is -2.12. The van der Waals surface area contributed by atoms with E-state index in [2.05, 4.69) is 35.3 Å². The smallest absolute Gasteiger partial charge is 0.324 e. The average molecular weight is 454 g/mol. The molecule has 13 nitrogen and oxygen atoms in total. The standard InChI is InChI=1S/C21H14N10O3/c32-15-7-2-12-10-22-20(25-13-3-5-14(6-4-13)29-9-1-8-24-29)26-17(12)31(15)30-11-23-16-18(30)27-21(34)28-19(16)33/h1-11H,(H,22,25,26)(H2,27,28,33,34). The highest BCUT2D eigenvalue weighted by Gasteiger charge is 2.14. The number of H-pyrrole nitrogens is 2. The molecule has 34 heavy (non-hydrogen) atoms. The molecule has 0 aliphatic rings. The van der Waals surface area contributed by atoms with E-state index in [0.717, 1.165) is 11.4 Å². The monoisotopic (exact) mass is 454 g/mol. The summed E-state index contributed by atoms with van der Waals surface area (Å²) < 4.78 is 4.21. The summed E-state index contributed by atoms with van der Waals surface area (Å²) >= 11 is 0. The summed E-state index contributed by atoms with van der Waals surface area (Å²) in [7, 11) is 0. The lowest BCUT2D eigenvalue weighted by Crippen LogP contribution is -2.28. The number of nitrogens with one attached hydrogen (secondary N) is 3. The molecule has 0 unspecified atom stereocenters. The summed E-state index contributed by atoms with van der Waals surface area (Å²) in [6.07, 6.45) is 6.37. The van der Waals surface area contributed by atoms with E-state index in [1.165, 1.54) is 21.7 Å². The van der Waals surface area contributed by atoms with Crippen LogP contribution in [0.3, 0.4) is 0 Å². The number of anilines is 2. The molecule has 6 rings (SSSR count). The maximum absolute atomic E-state index is 12.8. The van der Waals surface area contributed by atoms with E-state index in [4.69, 9.17) is 0 Å². The first kappa shape index (κ1) is 19.4. The summed E-state index contributed by atoms with van der Waals surface area (Å²) in [5, 5.41) is 7.87. The largest absolute Gasteiger partial charge is 0.327 e. The Labute approximate surface area is 188 Å². The molecule has 0 spiro atoms. The first-order chi connectivity index (χ1) is 16.6. The average Bonchev–Trinajstić information content (AvgIpc) is 3.50. The van der Waals surface area contributed by atoms with E-state index in [0.29, 0.717) is 5.39 Å². The maximum atomic E-state index is 12.8. The van der Waals surface area contributed by atoms with Crippen LogP contribution in [-0.2, 0) is 0 Å². The zero-order chi connectivity index (χ0) is 23.2. The number of hydrogen-bond donors (Lipinski definition) is 3. The molecule has 1 aromatic carbocycles. The molecule has 0 bridgehead atoms. The van der Waals surface area contributed by atoms with Crippen LogP contribution in [0.1, 0.15) is 0 Å². The fourth-order valence-electron chi connectivity index (χ4n) is 3.60. The summed E-state index contributed by atoms with van der Waals surface area (Å²) in [4.78, 5) is 54.2. The normalized spacial score (nSPS) is 11.3. The number of fused-ring (bicyclic) bond motifs is 2. The third kappa shape index (κ3) is 3.15. The highest BCUT2D eigenvalue weighted by Crippen LogP contribution is 2.18. The van der Waals surface area contributed by atoms with Crippen LogP contribution in [-0.4, -0.2) is 44.1 Å². The van der Waals surface area contributed by atoms with Crippen molar-refractivity contribution in [2.75, 3.05) is 5.32 Å². The molecule has 0 saturated carbocycles. The van der Waals surface area contributed by atoms with Gasteiger partial charge in [0.05, 0.1) is 5.69 Å². The summed E-state index contributed by atoms with van der Waals surface area (Å²) in [6, 6.07) is 12.2. The Morgan fingerprint density at radius 3 is 2.59 bits per heavy atom. The van der Waals surface area contributed by atoms with Crippen molar-refractivity contribution in [3.8, 4) is 5.69 Å². The van der Waals surface area contributed by atoms with Crippen molar-refractivity contribution < 1.29 is 0 Å². The Morgan fingerprint density at radius 1 is 0.941 bits per heavy atom. The third-order valence-electron chi connectivity index (χ3n) is 5.14. The lowest BCUT2D eigenvalue weighted by molar-refractivity contribution is 0.663. The van der Waals surface area contributed by atoms with E-state index in [1.54, 1.807) is 23.1 Å². The molecule has 0 atom stereocenters. The van der Waals surface area contributed by atoms with Crippen molar-refractivity contribution in [1.82, 2.24) is 44.1 Å². The third-order valence-corrected chi connectivity index (χ3v) is 5.14. The number of imidazole rings is 1. The van der Waals surface area contributed by atoms with Crippen LogP contribution in [0.5, 0.6) is 0 Å². The molecule has 0 radical (unpaired) electrons. The van der Waals surface area contributed by atoms with Crippen molar-refractivity contribution in [2.45, 2.75) is 0 Å². The van der Waals surface area contributed by atoms with E-state index >= 15 is 0 Å². The van der Waals surface area contributed by atoms with Gasteiger partial charge in [0.2, 0.25) is 5.95 Å². The first-order valence-corrected chi connectivity index (χ1v) is 10.0. The minimum atomic E-state index is -0.719. The Balaban J connectivity index is 1.45. The summed E-state index contributed by atoms with van der Waals surface area (Å²) in [5.74, 6) is 0.245. The van der Waals surface area contributed by atoms with Gasteiger partial charge in [-0.2, -0.15) is 14.8 Å². The quantitative estimate of drug-likeness (QED) is 0.352. The molecule has 0 amide bonds. The van der Waals surface area contributed by atoms with Gasteiger partial charge in [-0.3, -0.25) is 19.6 Å². The minimum Gasteiger partial charge on any atom is -0.324 e. The predicted octanol–water partition coefficient (Wildman–Crippen LogP) is 0.758. The number of hydrogen-bond acceptors (Lipinski definition) is 8. The topological polar surface area (TPSA) is 161 Å². The van der Waals surface area contributed by atoms with Gasteiger partial charge in [-0.05, 0) is 36.4 Å². The van der Waals surface area contributed by atoms with Gasteiger partial charge in [0.15, 0.2) is 16.8 Å². The van der Waals surface area contributed by atoms with Crippen molar-refractivity contribution in [3.63, 3.8) is 0 Å². The SMILES string of the molecule is O=c1[nH]c(=O)c2ncn(-n3c(=O)ccc4cnc(Nc5ccc(-n6cccn6)cc5)nc43)c2[nH]1. The van der Waals surface area contributed by atoms with Gasteiger partial charge in [-0.25, -0.2) is 24.1 Å². The van der Waals surface area contributed by atoms with Gasteiger partial charge >= 0.3 is 5.69 Å². The molecular weight excluding hydrogens is 440 g/mol. The molecule has 0 aliphatic heterocycles. The highest BCUT2D eigenvalue weighted by atomic mass is 16.2. The number of aromatic amines is 2. The van der Waals surface area contributed by atoms with Gasteiger partial charge in [-0.1, -0.05) is 0 Å². The predicted molar refractivity (Wildman–Crippen MR) is 122 cm³/mol. The second kappa shape index (κ2) is 7.37. The van der Waals surface area contributed by atoms with Crippen LogP contribution in [0, 0.1) is 0 Å². The Kier molecular flexibility index (Phi) is 4.20. The fourth-order valence-corrected chi connectivity index (χ4v) is 3.60. The highest BCUT2D eigenvalue weighted by molar-refractivity contribution is 5.77. The number of pyridine rings is 1. The zero-order valence-electron chi connectivity index (χ0n) is 17.2. The molecule has 6 aromatic rings. The van der Waals surface area contributed by atoms with Crippen molar-refractivity contribution in [1.29, 1.82) is 0 Å². The molecule has 166 valence electrons. The maximum Gasteiger partial charge on any atom is 0.327 e. The zero-order valence-corrected chi connectivity index (χ0v) is 17.2. The molecule has 13 heteroatoms. The van der Waals surface area contributed by atoms with Gasteiger partial charge in [0.25, 0.3) is 11.1 Å². The lowest BCUT2D eigenvalue weighted by atomic mass is 10.3. The number of nitrogens with zero attached hydrogens (tertiary/aromatic N) is 7. The second-order valence-electron chi connectivity index (χ2n) is 7.27. The summed E-state index contributed by atoms with van der Waals surface area (Å²) in [5.41, 5.74) is 0.0758. The van der Waals surface area contributed by atoms with Crippen molar-refractivity contribution in [2.24, 2.45) is 0 Å². The fraction of sp³-hybridized carbons (Fsp3) is 0. The van der Waals surface area contributed by atoms with Gasteiger partial charge in [-0.15, -0.1) is 0 Å². The number of aromatic nitrogens is 9.